The molecule has 0 fully saturated rings. The second-order valence-corrected chi connectivity index (χ2v) is 4.72. The fraction of sp³-hybridized carbons (Fsp3) is 0.400. The minimum atomic E-state index is -2.37. The standard InChI is InChI=1S/C15H19F2N3/c1-3-18-9-12-8-11-6-4-5-7-13(11)19-15(12)20(2)10-14(16)17/h4-8,14,18H,3,9-10H2,1-2H3. The molecule has 0 atom stereocenters. The van der Waals surface area contributed by atoms with Gasteiger partial charge in [0.2, 0.25) is 0 Å². The maximum absolute atomic E-state index is 12.6. The average molecular weight is 279 g/mol. The molecule has 0 unspecified atom stereocenters. The number of anilines is 1. The fourth-order valence-electron chi connectivity index (χ4n) is 2.16. The van der Waals surface area contributed by atoms with Gasteiger partial charge in [0.1, 0.15) is 5.82 Å². The summed E-state index contributed by atoms with van der Waals surface area (Å²) in [7, 11) is 1.65. The summed E-state index contributed by atoms with van der Waals surface area (Å²) in [6.07, 6.45) is -2.37. The SMILES string of the molecule is CCNCc1cc2ccccc2nc1N(C)CC(F)F. The molecule has 0 saturated carbocycles. The number of hydrogen-bond acceptors (Lipinski definition) is 3. The number of rotatable bonds is 6. The Balaban J connectivity index is 2.42. The van der Waals surface area contributed by atoms with Crippen LogP contribution in [0.15, 0.2) is 30.3 Å². The molecule has 20 heavy (non-hydrogen) atoms. The topological polar surface area (TPSA) is 28.2 Å². The molecule has 2 rings (SSSR count). The number of alkyl halides is 2. The van der Waals surface area contributed by atoms with E-state index >= 15 is 0 Å². The summed E-state index contributed by atoms with van der Waals surface area (Å²) in [6, 6.07) is 9.74. The Morgan fingerprint density at radius 2 is 2.05 bits per heavy atom. The Hall–Kier alpha value is -1.75. The predicted octanol–water partition coefficient (Wildman–Crippen LogP) is 3.05. The molecule has 108 valence electrons. The zero-order chi connectivity index (χ0) is 14.5. The van der Waals surface area contributed by atoms with Crippen LogP contribution in [0.2, 0.25) is 0 Å². The Labute approximate surface area is 117 Å². The molecular formula is C15H19F2N3. The highest BCUT2D eigenvalue weighted by molar-refractivity contribution is 5.81. The maximum atomic E-state index is 12.6. The monoisotopic (exact) mass is 279 g/mol. The van der Waals surface area contributed by atoms with Crippen LogP contribution in [-0.4, -0.2) is 31.5 Å². The van der Waals surface area contributed by atoms with Crippen LogP contribution >= 0.6 is 0 Å². The number of para-hydroxylation sites is 1. The van der Waals surface area contributed by atoms with Crippen LogP contribution < -0.4 is 10.2 Å². The van der Waals surface area contributed by atoms with Gasteiger partial charge < -0.3 is 10.2 Å². The van der Waals surface area contributed by atoms with Gasteiger partial charge in [0.05, 0.1) is 12.1 Å². The fourth-order valence-corrected chi connectivity index (χ4v) is 2.16. The minimum absolute atomic E-state index is 0.315. The number of fused-ring (bicyclic) bond motifs is 1. The van der Waals surface area contributed by atoms with Crippen LogP contribution in [0.4, 0.5) is 14.6 Å². The molecule has 1 aromatic heterocycles. The summed E-state index contributed by atoms with van der Waals surface area (Å²) < 4.78 is 25.2. The number of nitrogens with zero attached hydrogens (tertiary/aromatic N) is 2. The second kappa shape index (κ2) is 6.61. The average Bonchev–Trinajstić information content (AvgIpc) is 2.43. The van der Waals surface area contributed by atoms with Crippen LogP contribution in [0.1, 0.15) is 12.5 Å². The molecule has 0 saturated heterocycles. The first-order valence-electron chi connectivity index (χ1n) is 6.70. The molecule has 0 aliphatic carbocycles. The van der Waals surface area contributed by atoms with Crippen molar-refractivity contribution >= 4 is 16.7 Å². The van der Waals surface area contributed by atoms with Crippen LogP contribution in [0.5, 0.6) is 0 Å². The third-order valence-electron chi connectivity index (χ3n) is 3.12. The van der Waals surface area contributed by atoms with Gasteiger partial charge in [-0.1, -0.05) is 25.1 Å². The number of nitrogens with one attached hydrogen (secondary N) is 1. The normalized spacial score (nSPS) is 11.2. The molecule has 0 bridgehead atoms. The first-order valence-corrected chi connectivity index (χ1v) is 6.70. The lowest BCUT2D eigenvalue weighted by Gasteiger charge is -2.21. The molecule has 3 nitrogen and oxygen atoms in total. The summed E-state index contributed by atoms with van der Waals surface area (Å²) in [5.74, 6) is 0.616. The van der Waals surface area contributed by atoms with E-state index in [1.165, 1.54) is 4.90 Å². The summed E-state index contributed by atoms with van der Waals surface area (Å²) in [5, 5.41) is 4.25. The molecular weight excluding hydrogens is 260 g/mol. The van der Waals surface area contributed by atoms with E-state index < -0.39 is 6.43 Å². The summed E-state index contributed by atoms with van der Waals surface area (Å²) >= 11 is 0. The molecule has 0 radical (unpaired) electrons. The van der Waals surface area contributed by atoms with E-state index in [1.54, 1.807) is 7.05 Å². The van der Waals surface area contributed by atoms with Crippen LogP contribution in [0.25, 0.3) is 10.9 Å². The summed E-state index contributed by atoms with van der Waals surface area (Å²) in [5.41, 5.74) is 1.76. The van der Waals surface area contributed by atoms with Crippen molar-refractivity contribution in [2.75, 3.05) is 25.0 Å². The van der Waals surface area contributed by atoms with Gasteiger partial charge in [0, 0.05) is 24.5 Å². The lowest BCUT2D eigenvalue weighted by molar-refractivity contribution is 0.156. The Morgan fingerprint density at radius 3 is 2.75 bits per heavy atom. The van der Waals surface area contributed by atoms with Gasteiger partial charge in [-0.3, -0.25) is 0 Å². The van der Waals surface area contributed by atoms with E-state index in [9.17, 15) is 8.78 Å². The van der Waals surface area contributed by atoms with E-state index in [0.29, 0.717) is 12.4 Å². The molecule has 0 aliphatic rings. The highest BCUT2D eigenvalue weighted by Crippen LogP contribution is 2.23. The molecule has 1 aromatic carbocycles. The maximum Gasteiger partial charge on any atom is 0.255 e. The van der Waals surface area contributed by atoms with Gasteiger partial charge in [-0.15, -0.1) is 0 Å². The van der Waals surface area contributed by atoms with Gasteiger partial charge in [0.25, 0.3) is 6.43 Å². The molecule has 2 aromatic rings. The minimum Gasteiger partial charge on any atom is -0.354 e. The van der Waals surface area contributed by atoms with Gasteiger partial charge in [0.15, 0.2) is 0 Å². The van der Waals surface area contributed by atoms with E-state index in [4.69, 9.17) is 0 Å². The van der Waals surface area contributed by atoms with Crippen molar-refractivity contribution in [2.24, 2.45) is 0 Å². The number of hydrogen-bond donors (Lipinski definition) is 1. The van der Waals surface area contributed by atoms with Crippen LogP contribution in [0.3, 0.4) is 0 Å². The van der Waals surface area contributed by atoms with Crippen molar-refractivity contribution in [1.29, 1.82) is 0 Å². The number of benzene rings is 1. The van der Waals surface area contributed by atoms with E-state index in [0.717, 1.165) is 23.0 Å². The highest BCUT2D eigenvalue weighted by atomic mass is 19.3. The third-order valence-corrected chi connectivity index (χ3v) is 3.12. The van der Waals surface area contributed by atoms with Crippen molar-refractivity contribution in [3.63, 3.8) is 0 Å². The van der Waals surface area contributed by atoms with E-state index in [2.05, 4.69) is 10.3 Å². The van der Waals surface area contributed by atoms with Gasteiger partial charge in [-0.2, -0.15) is 0 Å². The molecule has 0 aliphatic heterocycles. The Bertz CT molecular complexity index is 572. The van der Waals surface area contributed by atoms with Crippen LogP contribution in [-0.2, 0) is 6.54 Å². The van der Waals surface area contributed by atoms with Gasteiger partial charge in [-0.25, -0.2) is 13.8 Å². The molecule has 0 amide bonds. The first-order chi connectivity index (χ1) is 9.61. The van der Waals surface area contributed by atoms with E-state index in [-0.39, 0.29) is 6.54 Å². The van der Waals surface area contributed by atoms with Crippen molar-refractivity contribution in [3.05, 3.63) is 35.9 Å². The largest absolute Gasteiger partial charge is 0.354 e. The lowest BCUT2D eigenvalue weighted by Crippen LogP contribution is -2.27. The number of halogens is 2. The first kappa shape index (κ1) is 14.7. The number of pyridine rings is 1. The molecule has 1 heterocycles. The molecule has 0 spiro atoms. The zero-order valence-electron chi connectivity index (χ0n) is 11.7. The van der Waals surface area contributed by atoms with Crippen molar-refractivity contribution < 1.29 is 8.78 Å². The Kier molecular flexibility index (Phi) is 4.84. The van der Waals surface area contributed by atoms with Gasteiger partial charge in [-0.05, 0) is 18.7 Å². The van der Waals surface area contributed by atoms with Crippen molar-refractivity contribution in [1.82, 2.24) is 10.3 Å². The van der Waals surface area contributed by atoms with Crippen LogP contribution in [0, 0.1) is 0 Å². The third kappa shape index (κ3) is 3.42. The van der Waals surface area contributed by atoms with E-state index in [1.807, 2.05) is 37.3 Å². The summed E-state index contributed by atoms with van der Waals surface area (Å²) in [6.45, 7) is 3.14. The summed E-state index contributed by atoms with van der Waals surface area (Å²) in [4.78, 5) is 6.05. The molecule has 5 heteroatoms. The smallest absolute Gasteiger partial charge is 0.255 e. The Morgan fingerprint density at radius 1 is 1.30 bits per heavy atom. The van der Waals surface area contributed by atoms with Crippen molar-refractivity contribution in [3.8, 4) is 0 Å². The van der Waals surface area contributed by atoms with Gasteiger partial charge >= 0.3 is 0 Å². The zero-order valence-corrected chi connectivity index (χ0v) is 11.7. The highest BCUT2D eigenvalue weighted by Gasteiger charge is 2.14. The second-order valence-electron chi connectivity index (χ2n) is 4.72. The number of aromatic nitrogens is 1. The quantitative estimate of drug-likeness (QED) is 0.881. The predicted molar refractivity (Wildman–Crippen MR) is 78.4 cm³/mol. The van der Waals surface area contributed by atoms with Crippen molar-refractivity contribution in [2.45, 2.75) is 19.9 Å². The lowest BCUT2D eigenvalue weighted by atomic mass is 10.1. The molecule has 1 N–H and O–H groups in total.